The second kappa shape index (κ2) is 4.09. The molecule has 0 radical (unpaired) electrons. The summed E-state index contributed by atoms with van der Waals surface area (Å²) in [6, 6.07) is 4.49. The van der Waals surface area contributed by atoms with Crippen LogP contribution in [0.4, 0.5) is 0 Å². The van der Waals surface area contributed by atoms with Gasteiger partial charge >= 0.3 is 0 Å². The van der Waals surface area contributed by atoms with Gasteiger partial charge in [-0.15, -0.1) is 23.7 Å². The van der Waals surface area contributed by atoms with E-state index in [0.29, 0.717) is 6.04 Å². The molecule has 12 heavy (non-hydrogen) atoms. The number of hydrogen-bond acceptors (Lipinski definition) is 2. The Morgan fingerprint density at radius 3 is 2.58 bits per heavy atom. The van der Waals surface area contributed by atoms with Crippen LogP contribution in [0.2, 0.25) is 0 Å². The Bertz CT molecular complexity index is 259. The molecule has 1 aliphatic rings. The van der Waals surface area contributed by atoms with Crippen molar-refractivity contribution < 1.29 is 0 Å². The maximum Gasteiger partial charge on any atom is 0.0701 e. The van der Waals surface area contributed by atoms with Crippen LogP contribution < -0.4 is 5.73 Å². The predicted molar refractivity (Wildman–Crippen MR) is 58.9 cm³/mol. The van der Waals surface area contributed by atoms with Crippen molar-refractivity contribution in [3.63, 3.8) is 0 Å². The molecule has 0 saturated heterocycles. The third-order valence-electron chi connectivity index (χ3n) is 2.05. The summed E-state index contributed by atoms with van der Waals surface area (Å²) in [4.78, 5) is 1.32. The summed E-state index contributed by atoms with van der Waals surface area (Å²) in [6.45, 7) is 0. The van der Waals surface area contributed by atoms with E-state index in [0.717, 1.165) is 5.92 Å². The molecule has 4 heteroatoms. The molecule has 0 unspecified atom stereocenters. The van der Waals surface area contributed by atoms with Crippen molar-refractivity contribution >= 4 is 39.7 Å². The van der Waals surface area contributed by atoms with E-state index in [1.807, 2.05) is 0 Å². The highest BCUT2D eigenvalue weighted by atomic mass is 79.9. The van der Waals surface area contributed by atoms with Gasteiger partial charge in [-0.2, -0.15) is 0 Å². The molecule has 0 spiro atoms. The van der Waals surface area contributed by atoms with Crippen LogP contribution in [-0.2, 0) is 0 Å². The zero-order valence-electron chi connectivity index (χ0n) is 6.50. The smallest absolute Gasteiger partial charge is 0.0701 e. The fourth-order valence-electron chi connectivity index (χ4n) is 1.20. The molecule has 1 fully saturated rings. The van der Waals surface area contributed by atoms with E-state index >= 15 is 0 Å². The van der Waals surface area contributed by atoms with Crippen molar-refractivity contribution in [2.45, 2.75) is 18.9 Å². The number of halogens is 2. The Balaban J connectivity index is 0.000000720. The molecule has 0 aliphatic heterocycles. The summed E-state index contributed by atoms with van der Waals surface area (Å²) in [5, 5.41) is 0. The first kappa shape index (κ1) is 10.5. The molecule has 1 aromatic rings. The van der Waals surface area contributed by atoms with Gasteiger partial charge in [0.25, 0.3) is 0 Å². The first-order valence-electron chi connectivity index (χ1n) is 3.78. The van der Waals surface area contributed by atoms with Crippen LogP contribution in [0.15, 0.2) is 15.9 Å². The van der Waals surface area contributed by atoms with E-state index in [4.69, 9.17) is 5.73 Å². The van der Waals surface area contributed by atoms with Gasteiger partial charge < -0.3 is 5.73 Å². The van der Waals surface area contributed by atoms with Gasteiger partial charge in [-0.25, -0.2) is 0 Å². The summed E-state index contributed by atoms with van der Waals surface area (Å²) in [6.07, 6.45) is 2.63. The second-order valence-electron chi connectivity index (χ2n) is 3.01. The molecule has 1 nitrogen and oxygen atoms in total. The van der Waals surface area contributed by atoms with Crippen LogP contribution in [0.25, 0.3) is 0 Å². The fourth-order valence-corrected chi connectivity index (χ4v) is 2.71. The highest BCUT2D eigenvalue weighted by molar-refractivity contribution is 9.11. The van der Waals surface area contributed by atoms with Gasteiger partial charge in [0.15, 0.2) is 0 Å². The molecular weight excluding hydrogens is 258 g/mol. The summed E-state index contributed by atoms with van der Waals surface area (Å²) in [5.74, 6) is 0.764. The van der Waals surface area contributed by atoms with Gasteiger partial charge in [-0.1, -0.05) is 0 Å². The lowest BCUT2D eigenvalue weighted by molar-refractivity contribution is 0.645. The normalized spacial score (nSPS) is 18.5. The third-order valence-corrected chi connectivity index (χ3v) is 3.78. The first-order valence-corrected chi connectivity index (χ1v) is 5.39. The lowest BCUT2D eigenvalue weighted by atomic mass is 10.2. The van der Waals surface area contributed by atoms with Crippen LogP contribution in [0.3, 0.4) is 0 Å². The molecule has 1 aromatic heterocycles. The van der Waals surface area contributed by atoms with Crippen LogP contribution in [-0.4, -0.2) is 0 Å². The maximum absolute atomic E-state index is 6.00. The van der Waals surface area contributed by atoms with Crippen LogP contribution in [0.5, 0.6) is 0 Å². The molecular formula is C8H11BrClNS. The van der Waals surface area contributed by atoms with Crippen molar-refractivity contribution in [1.29, 1.82) is 0 Å². The van der Waals surface area contributed by atoms with Crippen molar-refractivity contribution in [2.24, 2.45) is 11.7 Å². The van der Waals surface area contributed by atoms with Crippen molar-refractivity contribution in [1.82, 2.24) is 0 Å². The predicted octanol–water partition coefficient (Wildman–Crippen LogP) is 3.34. The van der Waals surface area contributed by atoms with Gasteiger partial charge in [0.05, 0.1) is 3.79 Å². The van der Waals surface area contributed by atoms with E-state index in [-0.39, 0.29) is 12.4 Å². The molecule has 1 aliphatic carbocycles. The Labute approximate surface area is 90.9 Å². The monoisotopic (exact) mass is 267 g/mol. The van der Waals surface area contributed by atoms with Gasteiger partial charge in [0.1, 0.15) is 0 Å². The van der Waals surface area contributed by atoms with E-state index in [1.165, 1.54) is 21.5 Å². The Kier molecular flexibility index (Phi) is 3.58. The maximum atomic E-state index is 6.00. The van der Waals surface area contributed by atoms with E-state index < -0.39 is 0 Å². The summed E-state index contributed by atoms with van der Waals surface area (Å²) >= 11 is 5.19. The zero-order chi connectivity index (χ0) is 7.84. The summed E-state index contributed by atoms with van der Waals surface area (Å²) in [7, 11) is 0. The van der Waals surface area contributed by atoms with E-state index in [2.05, 4.69) is 28.1 Å². The number of rotatable bonds is 2. The SMILES string of the molecule is Cl.N[C@H](c1ccc(Br)s1)C1CC1. The zero-order valence-corrected chi connectivity index (χ0v) is 9.71. The second-order valence-corrected chi connectivity index (χ2v) is 5.50. The van der Waals surface area contributed by atoms with E-state index in [9.17, 15) is 0 Å². The molecule has 2 rings (SSSR count). The minimum absolute atomic E-state index is 0. The molecule has 1 saturated carbocycles. The van der Waals surface area contributed by atoms with Crippen molar-refractivity contribution in [2.75, 3.05) is 0 Å². The van der Waals surface area contributed by atoms with Gasteiger partial charge in [-0.05, 0) is 46.8 Å². The van der Waals surface area contributed by atoms with Gasteiger partial charge in [0, 0.05) is 10.9 Å². The Hall–Kier alpha value is 0.430. The molecule has 0 amide bonds. The Morgan fingerprint density at radius 1 is 1.50 bits per heavy atom. The van der Waals surface area contributed by atoms with E-state index in [1.54, 1.807) is 11.3 Å². The van der Waals surface area contributed by atoms with Crippen molar-refractivity contribution in [3.8, 4) is 0 Å². The van der Waals surface area contributed by atoms with Crippen molar-refractivity contribution in [3.05, 3.63) is 20.8 Å². The summed E-state index contributed by atoms with van der Waals surface area (Å²) in [5.41, 5.74) is 6.00. The number of thiophene rings is 1. The minimum atomic E-state index is 0. The topological polar surface area (TPSA) is 26.0 Å². The highest BCUT2D eigenvalue weighted by Gasteiger charge is 2.30. The van der Waals surface area contributed by atoms with Crippen LogP contribution >= 0.6 is 39.7 Å². The minimum Gasteiger partial charge on any atom is -0.323 e. The fraction of sp³-hybridized carbons (Fsp3) is 0.500. The molecule has 0 bridgehead atoms. The Morgan fingerprint density at radius 2 is 2.17 bits per heavy atom. The lowest BCUT2D eigenvalue weighted by Gasteiger charge is -2.05. The quantitative estimate of drug-likeness (QED) is 0.875. The average Bonchev–Trinajstić information content (AvgIpc) is 2.74. The largest absolute Gasteiger partial charge is 0.323 e. The highest BCUT2D eigenvalue weighted by Crippen LogP contribution is 2.41. The lowest BCUT2D eigenvalue weighted by Crippen LogP contribution is -2.10. The van der Waals surface area contributed by atoms with Gasteiger partial charge in [0.2, 0.25) is 0 Å². The van der Waals surface area contributed by atoms with Gasteiger partial charge in [-0.3, -0.25) is 0 Å². The molecule has 1 heterocycles. The molecule has 0 aromatic carbocycles. The number of nitrogens with two attached hydrogens (primary N) is 1. The van der Waals surface area contributed by atoms with Crippen LogP contribution in [0.1, 0.15) is 23.8 Å². The molecule has 1 atom stereocenters. The number of hydrogen-bond donors (Lipinski definition) is 1. The molecule has 2 N–H and O–H groups in total. The van der Waals surface area contributed by atoms with Crippen LogP contribution in [0, 0.1) is 5.92 Å². The standard InChI is InChI=1S/C8H10BrNS.ClH/c9-7-4-3-6(11-7)8(10)5-1-2-5;/h3-5,8H,1-2,10H2;1H/t8-;/m0./s1. The summed E-state index contributed by atoms with van der Waals surface area (Å²) < 4.78 is 1.18. The molecule has 68 valence electrons. The average molecular weight is 269 g/mol. The first-order chi connectivity index (χ1) is 5.27. The third kappa shape index (κ3) is 2.22.